The summed E-state index contributed by atoms with van der Waals surface area (Å²) < 4.78 is 0. The van der Waals surface area contributed by atoms with Crippen LogP contribution in [0.1, 0.15) is 23.3 Å². The zero-order chi connectivity index (χ0) is 8.81. The second-order valence-electron chi connectivity index (χ2n) is 2.56. The first-order valence-corrected chi connectivity index (χ1v) is 4.86. The summed E-state index contributed by atoms with van der Waals surface area (Å²) in [4.78, 5) is 1.15. The monoisotopic (exact) mass is 180 g/mol. The van der Waals surface area contributed by atoms with E-state index in [0.29, 0.717) is 0 Å². The minimum Gasteiger partial charge on any atom is -0.396 e. The van der Waals surface area contributed by atoms with Crippen molar-refractivity contribution in [2.45, 2.75) is 19.8 Å². The smallest absolute Gasteiger partial charge is 0.0797 e. The molecule has 1 aromatic rings. The highest BCUT2D eigenvalue weighted by atomic mass is 32.1. The molecule has 0 saturated heterocycles. The molecule has 1 nitrogen and oxygen atoms in total. The van der Waals surface area contributed by atoms with Crippen molar-refractivity contribution < 1.29 is 5.11 Å². The van der Waals surface area contributed by atoms with Gasteiger partial charge in [0.1, 0.15) is 0 Å². The molecule has 12 heavy (non-hydrogen) atoms. The summed E-state index contributed by atoms with van der Waals surface area (Å²) in [6.45, 7) is 2.30. The molecule has 1 aromatic heterocycles. The lowest BCUT2D eigenvalue weighted by Gasteiger charge is -1.85. The van der Waals surface area contributed by atoms with E-state index in [1.807, 2.05) is 5.38 Å². The van der Waals surface area contributed by atoms with Gasteiger partial charge < -0.3 is 5.11 Å². The molecule has 1 heterocycles. The van der Waals surface area contributed by atoms with E-state index in [1.165, 1.54) is 5.56 Å². The molecule has 0 spiro atoms. The van der Waals surface area contributed by atoms with Crippen LogP contribution in [0.5, 0.6) is 0 Å². The maximum atomic E-state index is 8.51. The second-order valence-corrected chi connectivity index (χ2v) is 3.48. The van der Waals surface area contributed by atoms with Gasteiger partial charge in [0.15, 0.2) is 0 Å². The first kappa shape index (κ1) is 9.31. The first-order valence-electron chi connectivity index (χ1n) is 3.98. The molecule has 0 fully saturated rings. The summed E-state index contributed by atoms with van der Waals surface area (Å²) in [7, 11) is 0. The minimum absolute atomic E-state index is 0.234. The third-order valence-corrected chi connectivity index (χ3v) is 2.46. The van der Waals surface area contributed by atoms with Crippen LogP contribution in [0.15, 0.2) is 11.4 Å². The van der Waals surface area contributed by atoms with Crippen molar-refractivity contribution in [1.29, 1.82) is 0 Å². The molecule has 2 heteroatoms. The Bertz CT molecular complexity index is 290. The molecule has 0 aromatic carbocycles. The van der Waals surface area contributed by atoms with Crippen LogP contribution in [0.25, 0.3) is 0 Å². The minimum atomic E-state index is 0.234. The lowest BCUT2D eigenvalue weighted by atomic mass is 10.2. The predicted molar refractivity (Wildman–Crippen MR) is 52.3 cm³/mol. The average molecular weight is 180 g/mol. The Morgan fingerprint density at radius 3 is 3.00 bits per heavy atom. The topological polar surface area (TPSA) is 20.2 Å². The van der Waals surface area contributed by atoms with Gasteiger partial charge in [0.25, 0.3) is 0 Å². The van der Waals surface area contributed by atoms with Crippen LogP contribution < -0.4 is 0 Å². The fourth-order valence-corrected chi connectivity index (χ4v) is 1.60. The van der Waals surface area contributed by atoms with Crippen LogP contribution in [0.3, 0.4) is 0 Å². The van der Waals surface area contributed by atoms with Gasteiger partial charge in [-0.25, -0.2) is 0 Å². The molecule has 1 rings (SSSR count). The molecule has 1 N–H and O–H groups in total. The molecule has 0 aliphatic carbocycles. The Hall–Kier alpha value is -0.780. The van der Waals surface area contributed by atoms with Gasteiger partial charge in [-0.3, -0.25) is 0 Å². The van der Waals surface area contributed by atoms with Crippen molar-refractivity contribution in [2.24, 2.45) is 0 Å². The molecular weight excluding hydrogens is 168 g/mol. The summed E-state index contributed by atoms with van der Waals surface area (Å²) in [5.74, 6) is 6.12. The standard InChI is InChI=1S/C10H12OS/c1-9-6-8-12-10(9)5-3-2-4-7-11/h6,8,11H,2,4,7H2,1H3. The van der Waals surface area contributed by atoms with Gasteiger partial charge in [0.05, 0.1) is 4.88 Å². The highest BCUT2D eigenvalue weighted by Gasteiger charge is 1.92. The molecule has 0 saturated carbocycles. The number of aliphatic hydroxyl groups is 1. The molecule has 0 amide bonds. The third kappa shape index (κ3) is 2.69. The van der Waals surface area contributed by atoms with Crippen molar-refractivity contribution in [2.75, 3.05) is 6.61 Å². The number of unbranched alkanes of at least 4 members (excludes halogenated alkanes) is 1. The van der Waals surface area contributed by atoms with Crippen molar-refractivity contribution in [3.8, 4) is 11.8 Å². The van der Waals surface area contributed by atoms with Gasteiger partial charge in [-0.05, 0) is 30.4 Å². The van der Waals surface area contributed by atoms with Gasteiger partial charge in [0.2, 0.25) is 0 Å². The van der Waals surface area contributed by atoms with Gasteiger partial charge in [-0.15, -0.1) is 11.3 Å². The van der Waals surface area contributed by atoms with Gasteiger partial charge >= 0.3 is 0 Å². The Balaban J connectivity index is 2.49. The number of aliphatic hydroxyl groups excluding tert-OH is 1. The van der Waals surface area contributed by atoms with Gasteiger partial charge in [-0.2, -0.15) is 0 Å². The number of rotatable bonds is 2. The Morgan fingerprint density at radius 2 is 2.42 bits per heavy atom. The summed E-state index contributed by atoms with van der Waals surface area (Å²) in [5, 5.41) is 10.6. The van der Waals surface area contributed by atoms with E-state index in [4.69, 9.17) is 5.11 Å². The van der Waals surface area contributed by atoms with E-state index in [-0.39, 0.29) is 6.61 Å². The lowest BCUT2D eigenvalue weighted by Crippen LogP contribution is -1.78. The quantitative estimate of drug-likeness (QED) is 0.546. The highest BCUT2D eigenvalue weighted by molar-refractivity contribution is 7.10. The molecule has 0 aliphatic heterocycles. The van der Waals surface area contributed by atoms with Crippen LogP contribution in [0.4, 0.5) is 0 Å². The number of hydrogen-bond donors (Lipinski definition) is 1. The molecule has 0 atom stereocenters. The van der Waals surface area contributed by atoms with Crippen LogP contribution in [0, 0.1) is 18.8 Å². The number of aryl methyl sites for hydroxylation is 1. The molecule has 0 unspecified atom stereocenters. The van der Waals surface area contributed by atoms with E-state index in [2.05, 4.69) is 24.8 Å². The summed E-state index contributed by atoms with van der Waals surface area (Å²) in [5.41, 5.74) is 1.25. The van der Waals surface area contributed by atoms with Crippen molar-refractivity contribution in [1.82, 2.24) is 0 Å². The zero-order valence-electron chi connectivity index (χ0n) is 7.13. The van der Waals surface area contributed by atoms with Gasteiger partial charge in [0, 0.05) is 13.0 Å². The Kier molecular flexibility index (Phi) is 3.86. The van der Waals surface area contributed by atoms with Crippen LogP contribution >= 0.6 is 11.3 Å². The van der Waals surface area contributed by atoms with Crippen molar-refractivity contribution >= 4 is 11.3 Å². The Labute approximate surface area is 77.1 Å². The van der Waals surface area contributed by atoms with Crippen molar-refractivity contribution in [3.63, 3.8) is 0 Å². The molecule has 64 valence electrons. The summed E-state index contributed by atoms with van der Waals surface area (Å²) >= 11 is 1.67. The summed E-state index contributed by atoms with van der Waals surface area (Å²) in [6.07, 6.45) is 1.56. The van der Waals surface area contributed by atoms with Crippen LogP contribution in [-0.2, 0) is 0 Å². The fraction of sp³-hybridized carbons (Fsp3) is 0.400. The van der Waals surface area contributed by atoms with Gasteiger partial charge in [-0.1, -0.05) is 11.8 Å². The lowest BCUT2D eigenvalue weighted by molar-refractivity contribution is 0.290. The van der Waals surface area contributed by atoms with Crippen LogP contribution in [0.2, 0.25) is 0 Å². The predicted octanol–water partition coefficient (Wildman–Crippen LogP) is 2.18. The maximum absolute atomic E-state index is 8.51. The second kappa shape index (κ2) is 4.97. The Morgan fingerprint density at radius 1 is 1.58 bits per heavy atom. The SMILES string of the molecule is Cc1ccsc1C#CCCCO. The largest absolute Gasteiger partial charge is 0.396 e. The van der Waals surface area contributed by atoms with E-state index < -0.39 is 0 Å². The first-order chi connectivity index (χ1) is 5.84. The number of hydrogen-bond acceptors (Lipinski definition) is 2. The van der Waals surface area contributed by atoms with E-state index in [0.717, 1.165) is 17.7 Å². The maximum Gasteiger partial charge on any atom is 0.0797 e. The number of thiophene rings is 1. The molecule has 0 radical (unpaired) electrons. The third-order valence-electron chi connectivity index (χ3n) is 1.52. The van der Waals surface area contributed by atoms with E-state index >= 15 is 0 Å². The molecule has 0 aliphatic rings. The molecular formula is C10H12OS. The van der Waals surface area contributed by atoms with E-state index in [1.54, 1.807) is 11.3 Å². The normalized spacial score (nSPS) is 9.17. The summed E-state index contributed by atoms with van der Waals surface area (Å²) in [6, 6.07) is 2.07. The van der Waals surface area contributed by atoms with Crippen molar-refractivity contribution in [3.05, 3.63) is 21.9 Å². The van der Waals surface area contributed by atoms with Crippen LogP contribution in [-0.4, -0.2) is 11.7 Å². The average Bonchev–Trinajstić information content (AvgIpc) is 2.46. The highest BCUT2D eigenvalue weighted by Crippen LogP contribution is 2.13. The zero-order valence-corrected chi connectivity index (χ0v) is 7.95. The van der Waals surface area contributed by atoms with E-state index in [9.17, 15) is 0 Å². The fourth-order valence-electron chi connectivity index (χ4n) is 0.811. The molecule has 0 bridgehead atoms.